The van der Waals surface area contributed by atoms with Gasteiger partial charge in [0.15, 0.2) is 5.16 Å². The molecule has 0 unspecified atom stereocenters. The second-order valence-corrected chi connectivity index (χ2v) is 3.73. The Hall–Kier alpha value is -1.30. The van der Waals surface area contributed by atoms with E-state index in [0.29, 0.717) is 10.9 Å². The minimum atomic E-state index is -0.976. The molecule has 0 atom stereocenters. The van der Waals surface area contributed by atoms with E-state index in [0.717, 1.165) is 5.82 Å². The van der Waals surface area contributed by atoms with Crippen LogP contribution in [0.15, 0.2) is 17.3 Å². The fourth-order valence-electron chi connectivity index (χ4n) is 0.727. The fraction of sp³-hybridized carbons (Fsp3) is 0.375. The Bertz CT molecular complexity index is 373. The van der Waals surface area contributed by atoms with Crippen LogP contribution in [0.4, 0.5) is 0 Å². The quantitative estimate of drug-likeness (QED) is 0.593. The molecule has 0 aliphatic rings. The van der Waals surface area contributed by atoms with Crippen LogP contribution >= 0.6 is 11.8 Å². The van der Waals surface area contributed by atoms with Crippen LogP contribution in [0.5, 0.6) is 0 Å². The van der Waals surface area contributed by atoms with Gasteiger partial charge in [-0.1, -0.05) is 18.3 Å². The lowest BCUT2D eigenvalue weighted by molar-refractivity contribution is -0.132. The van der Waals surface area contributed by atoms with Crippen molar-refractivity contribution in [3.05, 3.63) is 18.0 Å². The molecule has 0 saturated carbocycles. The van der Waals surface area contributed by atoms with Crippen LogP contribution in [0.2, 0.25) is 0 Å². The zero-order chi connectivity index (χ0) is 10.7. The average Bonchev–Trinajstić information content (AvgIpc) is 2.44. The minimum Gasteiger partial charge on any atom is -0.478 e. The summed E-state index contributed by atoms with van der Waals surface area (Å²) in [5.74, 6) is 0.145. The molecule has 14 heavy (non-hydrogen) atoms. The Morgan fingerprint density at radius 2 is 2.29 bits per heavy atom. The van der Waals surface area contributed by atoms with Crippen molar-refractivity contribution in [1.82, 2.24) is 14.8 Å². The van der Waals surface area contributed by atoms with Crippen LogP contribution in [-0.4, -0.2) is 31.6 Å². The van der Waals surface area contributed by atoms with E-state index in [2.05, 4.69) is 16.8 Å². The first-order valence-electron chi connectivity index (χ1n) is 3.92. The van der Waals surface area contributed by atoms with Gasteiger partial charge in [0.2, 0.25) is 0 Å². The number of hydrogen-bond acceptors (Lipinski definition) is 4. The molecule has 6 heteroatoms. The molecular formula is C8H11N3O2S. The Kier molecular flexibility index (Phi) is 3.29. The van der Waals surface area contributed by atoms with Gasteiger partial charge in [-0.2, -0.15) is 0 Å². The molecule has 0 bridgehead atoms. The lowest BCUT2D eigenvalue weighted by Gasteiger charge is -2.00. The number of aliphatic carboxylic acids is 1. The van der Waals surface area contributed by atoms with E-state index in [1.54, 1.807) is 4.57 Å². The highest BCUT2D eigenvalue weighted by Crippen LogP contribution is 2.17. The number of aryl methyl sites for hydroxylation is 1. The second-order valence-electron chi connectivity index (χ2n) is 2.79. The number of aromatic nitrogens is 3. The number of carboxylic acids is 1. The maximum absolute atomic E-state index is 10.5. The van der Waals surface area contributed by atoms with Gasteiger partial charge in [-0.15, -0.1) is 10.2 Å². The lowest BCUT2D eigenvalue weighted by Crippen LogP contribution is -2.02. The van der Waals surface area contributed by atoms with Crippen molar-refractivity contribution in [2.45, 2.75) is 12.1 Å². The summed E-state index contributed by atoms with van der Waals surface area (Å²) in [4.78, 5) is 10.5. The van der Waals surface area contributed by atoms with Gasteiger partial charge >= 0.3 is 5.97 Å². The van der Waals surface area contributed by atoms with Crippen molar-refractivity contribution >= 4 is 17.7 Å². The van der Waals surface area contributed by atoms with Gasteiger partial charge in [-0.05, 0) is 6.92 Å². The zero-order valence-electron chi connectivity index (χ0n) is 8.02. The highest BCUT2D eigenvalue weighted by molar-refractivity contribution is 7.99. The Balaban J connectivity index is 2.58. The molecule has 0 radical (unpaired) electrons. The normalized spacial score (nSPS) is 10.1. The van der Waals surface area contributed by atoms with Crippen LogP contribution in [-0.2, 0) is 11.8 Å². The Morgan fingerprint density at radius 1 is 1.64 bits per heavy atom. The van der Waals surface area contributed by atoms with Crippen molar-refractivity contribution in [2.75, 3.05) is 5.75 Å². The minimum absolute atomic E-state index is 0.163. The van der Waals surface area contributed by atoms with Crippen LogP contribution in [0.1, 0.15) is 5.82 Å². The van der Waals surface area contributed by atoms with Crippen molar-refractivity contribution in [3.63, 3.8) is 0 Å². The van der Waals surface area contributed by atoms with Gasteiger partial charge in [-0.25, -0.2) is 4.79 Å². The van der Waals surface area contributed by atoms with Crippen molar-refractivity contribution in [1.29, 1.82) is 0 Å². The highest BCUT2D eigenvalue weighted by Gasteiger charge is 2.09. The van der Waals surface area contributed by atoms with Crippen LogP contribution in [0, 0.1) is 6.92 Å². The first-order chi connectivity index (χ1) is 6.52. The van der Waals surface area contributed by atoms with Gasteiger partial charge in [0.05, 0.1) is 0 Å². The molecule has 0 aliphatic carbocycles. The van der Waals surface area contributed by atoms with E-state index in [4.69, 9.17) is 5.11 Å². The SMILES string of the molecule is C=C(CSc1nnc(C)n1C)C(=O)O. The molecule has 1 N–H and O–H groups in total. The summed E-state index contributed by atoms with van der Waals surface area (Å²) >= 11 is 1.31. The maximum atomic E-state index is 10.5. The number of hydrogen-bond donors (Lipinski definition) is 1. The summed E-state index contributed by atoms with van der Waals surface area (Å²) in [7, 11) is 1.83. The number of rotatable bonds is 4. The Labute approximate surface area is 85.8 Å². The molecule has 1 heterocycles. The van der Waals surface area contributed by atoms with E-state index in [1.807, 2.05) is 14.0 Å². The average molecular weight is 213 g/mol. The van der Waals surface area contributed by atoms with Gasteiger partial charge in [0.25, 0.3) is 0 Å². The molecule has 5 nitrogen and oxygen atoms in total. The summed E-state index contributed by atoms with van der Waals surface area (Å²) in [5.41, 5.74) is 0.163. The molecular weight excluding hydrogens is 202 g/mol. The van der Waals surface area contributed by atoms with E-state index in [1.165, 1.54) is 11.8 Å². The molecule has 1 aromatic rings. The zero-order valence-corrected chi connectivity index (χ0v) is 8.84. The predicted molar refractivity (Wildman–Crippen MR) is 53.2 cm³/mol. The van der Waals surface area contributed by atoms with E-state index < -0.39 is 5.97 Å². The largest absolute Gasteiger partial charge is 0.478 e. The van der Waals surface area contributed by atoms with Gasteiger partial charge < -0.3 is 9.67 Å². The van der Waals surface area contributed by atoms with Gasteiger partial charge in [-0.3, -0.25) is 0 Å². The third-order valence-corrected chi connectivity index (χ3v) is 2.84. The first-order valence-corrected chi connectivity index (χ1v) is 4.90. The van der Waals surface area contributed by atoms with E-state index in [-0.39, 0.29) is 5.57 Å². The molecule has 0 aromatic carbocycles. The molecule has 0 fully saturated rings. The standard InChI is InChI=1S/C8H11N3O2S/c1-5(7(12)13)4-14-8-10-9-6(2)11(8)3/h1,4H2,2-3H3,(H,12,13). The van der Waals surface area contributed by atoms with Crippen LogP contribution < -0.4 is 0 Å². The first kappa shape index (κ1) is 10.8. The summed E-state index contributed by atoms with van der Waals surface area (Å²) in [6.45, 7) is 5.26. The molecule has 0 aliphatic heterocycles. The fourth-order valence-corrected chi connectivity index (χ4v) is 1.58. The smallest absolute Gasteiger partial charge is 0.331 e. The molecule has 0 saturated heterocycles. The Morgan fingerprint density at radius 3 is 2.71 bits per heavy atom. The topological polar surface area (TPSA) is 68.0 Å². The summed E-state index contributed by atoms with van der Waals surface area (Å²) in [6, 6.07) is 0. The number of nitrogens with zero attached hydrogens (tertiary/aromatic N) is 3. The predicted octanol–water partition coefficient (Wildman–Crippen LogP) is 0.856. The van der Waals surface area contributed by atoms with Gasteiger partial charge in [0.1, 0.15) is 5.82 Å². The van der Waals surface area contributed by atoms with E-state index in [9.17, 15) is 4.79 Å². The second kappa shape index (κ2) is 4.28. The van der Waals surface area contributed by atoms with Gasteiger partial charge in [0, 0.05) is 18.4 Å². The summed E-state index contributed by atoms with van der Waals surface area (Å²) in [5, 5.41) is 17.0. The summed E-state index contributed by atoms with van der Waals surface area (Å²) in [6.07, 6.45) is 0. The monoisotopic (exact) mass is 213 g/mol. The van der Waals surface area contributed by atoms with Crippen molar-refractivity contribution in [2.24, 2.45) is 7.05 Å². The third kappa shape index (κ3) is 2.35. The molecule has 76 valence electrons. The summed E-state index contributed by atoms with van der Waals surface area (Å²) < 4.78 is 1.81. The van der Waals surface area contributed by atoms with Crippen molar-refractivity contribution < 1.29 is 9.90 Å². The molecule has 1 aromatic heterocycles. The highest BCUT2D eigenvalue weighted by atomic mass is 32.2. The van der Waals surface area contributed by atoms with Crippen molar-refractivity contribution in [3.8, 4) is 0 Å². The number of thioether (sulfide) groups is 1. The maximum Gasteiger partial charge on any atom is 0.331 e. The number of carbonyl (C=O) groups is 1. The molecule has 0 spiro atoms. The van der Waals surface area contributed by atoms with Crippen LogP contribution in [0.25, 0.3) is 0 Å². The van der Waals surface area contributed by atoms with E-state index >= 15 is 0 Å². The molecule has 0 amide bonds. The third-order valence-electron chi connectivity index (χ3n) is 1.73. The lowest BCUT2D eigenvalue weighted by atomic mass is 10.4. The van der Waals surface area contributed by atoms with Crippen LogP contribution in [0.3, 0.4) is 0 Å². The molecule has 1 rings (SSSR count). The number of carboxylic acid groups (broad SMARTS) is 1.